The SMILES string of the molecule is Cc1ncsc1CN(C)C(=O)C(N)Cc1ccccc1. The van der Waals surface area contributed by atoms with Crippen LogP contribution in [0.25, 0.3) is 0 Å². The number of nitrogens with zero attached hydrogens (tertiary/aromatic N) is 2. The van der Waals surface area contributed by atoms with Gasteiger partial charge in [-0.05, 0) is 18.9 Å². The van der Waals surface area contributed by atoms with E-state index in [1.54, 1.807) is 28.8 Å². The maximum absolute atomic E-state index is 12.3. The highest BCUT2D eigenvalue weighted by molar-refractivity contribution is 7.09. The van der Waals surface area contributed by atoms with E-state index in [1.165, 1.54) is 0 Å². The smallest absolute Gasteiger partial charge is 0.239 e. The van der Waals surface area contributed by atoms with Crippen molar-refractivity contribution in [3.05, 3.63) is 52.0 Å². The Balaban J connectivity index is 1.94. The van der Waals surface area contributed by atoms with Crippen molar-refractivity contribution in [1.29, 1.82) is 0 Å². The zero-order chi connectivity index (χ0) is 14.5. The van der Waals surface area contributed by atoms with Gasteiger partial charge < -0.3 is 10.6 Å². The molecule has 0 saturated heterocycles. The van der Waals surface area contributed by atoms with E-state index in [0.717, 1.165) is 16.1 Å². The molecule has 0 aliphatic rings. The van der Waals surface area contributed by atoms with Crippen molar-refractivity contribution in [2.45, 2.75) is 25.9 Å². The average molecular weight is 289 g/mol. The monoisotopic (exact) mass is 289 g/mol. The molecule has 0 radical (unpaired) electrons. The van der Waals surface area contributed by atoms with E-state index in [9.17, 15) is 4.79 Å². The predicted molar refractivity (Wildman–Crippen MR) is 81.4 cm³/mol. The fraction of sp³-hybridized carbons (Fsp3) is 0.333. The van der Waals surface area contributed by atoms with Crippen molar-refractivity contribution in [3.8, 4) is 0 Å². The Morgan fingerprint density at radius 1 is 1.40 bits per heavy atom. The zero-order valence-corrected chi connectivity index (χ0v) is 12.6. The van der Waals surface area contributed by atoms with Crippen LogP contribution in [0.2, 0.25) is 0 Å². The van der Waals surface area contributed by atoms with Gasteiger partial charge in [-0.2, -0.15) is 0 Å². The lowest BCUT2D eigenvalue weighted by Crippen LogP contribution is -2.42. The minimum Gasteiger partial charge on any atom is -0.339 e. The van der Waals surface area contributed by atoms with Gasteiger partial charge in [-0.25, -0.2) is 4.98 Å². The van der Waals surface area contributed by atoms with Crippen molar-refractivity contribution >= 4 is 17.2 Å². The molecule has 0 spiro atoms. The summed E-state index contributed by atoms with van der Waals surface area (Å²) < 4.78 is 0. The van der Waals surface area contributed by atoms with Crippen LogP contribution in [0.3, 0.4) is 0 Å². The molecular weight excluding hydrogens is 270 g/mol. The molecule has 1 amide bonds. The first kappa shape index (κ1) is 14.7. The van der Waals surface area contributed by atoms with Gasteiger partial charge in [-0.15, -0.1) is 11.3 Å². The molecule has 4 nitrogen and oxygen atoms in total. The molecule has 5 heteroatoms. The molecule has 20 heavy (non-hydrogen) atoms. The van der Waals surface area contributed by atoms with Gasteiger partial charge in [0.05, 0.1) is 23.8 Å². The maximum atomic E-state index is 12.3. The highest BCUT2D eigenvalue weighted by atomic mass is 32.1. The van der Waals surface area contributed by atoms with Crippen molar-refractivity contribution in [2.24, 2.45) is 5.73 Å². The summed E-state index contributed by atoms with van der Waals surface area (Å²) in [7, 11) is 1.78. The fourth-order valence-corrected chi connectivity index (χ4v) is 2.84. The zero-order valence-electron chi connectivity index (χ0n) is 11.7. The number of hydrogen-bond donors (Lipinski definition) is 1. The molecule has 0 bridgehead atoms. The Morgan fingerprint density at radius 2 is 2.10 bits per heavy atom. The summed E-state index contributed by atoms with van der Waals surface area (Å²) in [5.74, 6) is -0.0401. The Hall–Kier alpha value is -1.72. The van der Waals surface area contributed by atoms with E-state index in [2.05, 4.69) is 4.98 Å². The van der Waals surface area contributed by atoms with Gasteiger partial charge in [-0.1, -0.05) is 30.3 Å². The number of aromatic nitrogens is 1. The second kappa shape index (κ2) is 6.63. The number of benzene rings is 1. The number of thiazole rings is 1. The Bertz CT molecular complexity index is 568. The molecule has 2 aromatic rings. The molecule has 1 atom stereocenters. The third kappa shape index (κ3) is 3.65. The third-order valence-electron chi connectivity index (χ3n) is 3.22. The molecule has 1 aromatic heterocycles. The lowest BCUT2D eigenvalue weighted by Gasteiger charge is -2.21. The second-order valence-electron chi connectivity index (χ2n) is 4.85. The van der Waals surface area contributed by atoms with Crippen LogP contribution in [0, 0.1) is 6.92 Å². The van der Waals surface area contributed by atoms with Crippen LogP contribution in [0.5, 0.6) is 0 Å². The number of nitrogens with two attached hydrogens (primary N) is 1. The Kier molecular flexibility index (Phi) is 4.87. The van der Waals surface area contributed by atoms with Crippen molar-refractivity contribution in [2.75, 3.05) is 7.05 Å². The molecule has 1 unspecified atom stereocenters. The minimum atomic E-state index is -0.504. The highest BCUT2D eigenvalue weighted by Crippen LogP contribution is 2.15. The van der Waals surface area contributed by atoms with Crippen LogP contribution in [0.4, 0.5) is 0 Å². The van der Waals surface area contributed by atoms with Crippen LogP contribution in [-0.4, -0.2) is 28.9 Å². The molecule has 0 aliphatic heterocycles. The van der Waals surface area contributed by atoms with E-state index in [0.29, 0.717) is 13.0 Å². The van der Waals surface area contributed by atoms with Gasteiger partial charge in [0.1, 0.15) is 0 Å². The summed E-state index contributed by atoms with van der Waals surface area (Å²) in [6.07, 6.45) is 0.561. The van der Waals surface area contributed by atoms with Gasteiger partial charge >= 0.3 is 0 Å². The molecule has 106 valence electrons. The fourth-order valence-electron chi connectivity index (χ4n) is 2.01. The normalized spacial score (nSPS) is 12.2. The van der Waals surface area contributed by atoms with E-state index < -0.39 is 6.04 Å². The van der Waals surface area contributed by atoms with Crippen LogP contribution in [0.1, 0.15) is 16.1 Å². The van der Waals surface area contributed by atoms with Crippen molar-refractivity contribution < 1.29 is 4.79 Å². The van der Waals surface area contributed by atoms with Gasteiger partial charge in [0.2, 0.25) is 5.91 Å². The van der Waals surface area contributed by atoms with Crippen molar-refractivity contribution in [1.82, 2.24) is 9.88 Å². The third-order valence-corrected chi connectivity index (χ3v) is 4.14. The van der Waals surface area contributed by atoms with Gasteiger partial charge in [0.15, 0.2) is 0 Å². The second-order valence-corrected chi connectivity index (χ2v) is 5.79. The molecule has 2 rings (SSSR count). The standard InChI is InChI=1S/C15H19N3OS/c1-11-14(20-10-17-11)9-18(2)15(19)13(16)8-12-6-4-3-5-7-12/h3-7,10,13H,8-9,16H2,1-2H3. The highest BCUT2D eigenvalue weighted by Gasteiger charge is 2.19. The molecule has 0 saturated carbocycles. The Labute approximate surface area is 123 Å². The number of likely N-dealkylation sites (N-methyl/N-ethyl adjacent to an activating group) is 1. The van der Waals surface area contributed by atoms with Gasteiger partial charge in [0, 0.05) is 11.9 Å². The minimum absolute atomic E-state index is 0.0401. The van der Waals surface area contributed by atoms with E-state index >= 15 is 0 Å². The van der Waals surface area contributed by atoms with Crippen LogP contribution < -0.4 is 5.73 Å². The Morgan fingerprint density at radius 3 is 2.70 bits per heavy atom. The van der Waals surface area contributed by atoms with Gasteiger partial charge in [-0.3, -0.25) is 4.79 Å². The topological polar surface area (TPSA) is 59.2 Å². The lowest BCUT2D eigenvalue weighted by atomic mass is 10.1. The van der Waals surface area contributed by atoms with E-state index in [1.807, 2.05) is 37.3 Å². The first-order chi connectivity index (χ1) is 9.58. The molecule has 0 aliphatic carbocycles. The molecule has 1 heterocycles. The van der Waals surface area contributed by atoms with Crippen molar-refractivity contribution in [3.63, 3.8) is 0 Å². The summed E-state index contributed by atoms with van der Waals surface area (Å²) in [6.45, 7) is 2.52. The van der Waals surface area contributed by atoms with Crippen LogP contribution >= 0.6 is 11.3 Å². The average Bonchev–Trinajstić information content (AvgIpc) is 2.84. The maximum Gasteiger partial charge on any atom is 0.239 e. The summed E-state index contributed by atoms with van der Waals surface area (Å²) in [5.41, 5.74) is 9.87. The molecule has 0 fully saturated rings. The number of carbonyl (C=O) groups is 1. The number of hydrogen-bond acceptors (Lipinski definition) is 4. The summed E-state index contributed by atoms with van der Waals surface area (Å²) in [6, 6.07) is 9.33. The van der Waals surface area contributed by atoms with E-state index in [4.69, 9.17) is 5.73 Å². The van der Waals surface area contributed by atoms with Gasteiger partial charge in [0.25, 0.3) is 0 Å². The quantitative estimate of drug-likeness (QED) is 0.915. The number of amides is 1. The first-order valence-electron chi connectivity index (χ1n) is 6.51. The predicted octanol–water partition coefficient (Wildman–Crippen LogP) is 1.98. The summed E-state index contributed by atoms with van der Waals surface area (Å²) in [5, 5.41) is 0. The largest absolute Gasteiger partial charge is 0.339 e. The molecule has 1 aromatic carbocycles. The van der Waals surface area contributed by atoms with Crippen LogP contribution in [-0.2, 0) is 17.8 Å². The number of rotatable bonds is 5. The number of carbonyl (C=O) groups excluding carboxylic acids is 1. The molecule has 2 N–H and O–H groups in total. The van der Waals surface area contributed by atoms with E-state index in [-0.39, 0.29) is 5.91 Å². The molecular formula is C15H19N3OS. The lowest BCUT2D eigenvalue weighted by molar-refractivity contribution is -0.131. The summed E-state index contributed by atoms with van der Waals surface area (Å²) in [4.78, 5) is 19.2. The van der Waals surface area contributed by atoms with Crippen LogP contribution in [0.15, 0.2) is 35.8 Å². The first-order valence-corrected chi connectivity index (χ1v) is 7.39. The summed E-state index contributed by atoms with van der Waals surface area (Å²) >= 11 is 1.57. The number of aryl methyl sites for hydroxylation is 1.